The van der Waals surface area contributed by atoms with Crippen molar-refractivity contribution in [2.45, 2.75) is 13.0 Å². The summed E-state index contributed by atoms with van der Waals surface area (Å²) in [5, 5.41) is 0. The third-order valence-electron chi connectivity index (χ3n) is 2.74. The third kappa shape index (κ3) is 3.76. The standard InChI is InChI=1S/C15H17NO.ClH/c1-12-7-5-6-10-15(12)17-11-14(16)13-8-3-2-4-9-13;/h2-10,14H,11,16H2,1H3;1H/t14-;/m1./s1. The van der Waals surface area contributed by atoms with Crippen LogP contribution in [0.4, 0.5) is 0 Å². The highest BCUT2D eigenvalue weighted by Crippen LogP contribution is 2.18. The van der Waals surface area contributed by atoms with E-state index >= 15 is 0 Å². The Balaban J connectivity index is 0.00000162. The number of hydrogen-bond acceptors (Lipinski definition) is 2. The van der Waals surface area contributed by atoms with Gasteiger partial charge in [-0.1, -0.05) is 48.5 Å². The lowest BCUT2D eigenvalue weighted by Crippen LogP contribution is -2.19. The first-order valence-corrected chi connectivity index (χ1v) is 5.76. The minimum absolute atomic E-state index is 0. The first-order chi connectivity index (χ1) is 8.27. The van der Waals surface area contributed by atoms with Gasteiger partial charge in [-0.05, 0) is 24.1 Å². The lowest BCUT2D eigenvalue weighted by molar-refractivity contribution is 0.289. The van der Waals surface area contributed by atoms with Gasteiger partial charge in [0.2, 0.25) is 0 Å². The van der Waals surface area contributed by atoms with E-state index < -0.39 is 0 Å². The zero-order valence-corrected chi connectivity index (χ0v) is 11.2. The Morgan fingerprint density at radius 2 is 1.61 bits per heavy atom. The second-order valence-electron chi connectivity index (χ2n) is 4.09. The SMILES string of the molecule is Cc1ccccc1OC[C@@H](N)c1ccccc1.Cl. The molecule has 96 valence electrons. The van der Waals surface area contributed by atoms with Crippen molar-refractivity contribution in [3.63, 3.8) is 0 Å². The molecule has 0 saturated heterocycles. The van der Waals surface area contributed by atoms with Gasteiger partial charge in [0.1, 0.15) is 12.4 Å². The van der Waals surface area contributed by atoms with Gasteiger partial charge in [-0.25, -0.2) is 0 Å². The lowest BCUT2D eigenvalue weighted by Gasteiger charge is -2.14. The molecule has 0 aromatic heterocycles. The molecule has 0 heterocycles. The van der Waals surface area contributed by atoms with Crippen LogP contribution in [0.15, 0.2) is 54.6 Å². The molecule has 0 spiro atoms. The summed E-state index contributed by atoms with van der Waals surface area (Å²) in [7, 11) is 0. The molecule has 0 amide bonds. The van der Waals surface area contributed by atoms with Gasteiger partial charge >= 0.3 is 0 Å². The van der Waals surface area contributed by atoms with Crippen molar-refractivity contribution in [2.75, 3.05) is 6.61 Å². The summed E-state index contributed by atoms with van der Waals surface area (Å²) < 4.78 is 5.73. The van der Waals surface area contributed by atoms with Crippen molar-refractivity contribution in [1.82, 2.24) is 0 Å². The largest absolute Gasteiger partial charge is 0.491 e. The molecule has 0 aliphatic heterocycles. The van der Waals surface area contributed by atoms with E-state index in [4.69, 9.17) is 10.5 Å². The van der Waals surface area contributed by atoms with E-state index in [-0.39, 0.29) is 18.4 Å². The average molecular weight is 264 g/mol. The lowest BCUT2D eigenvalue weighted by atomic mass is 10.1. The first-order valence-electron chi connectivity index (χ1n) is 5.76. The highest BCUT2D eigenvalue weighted by Gasteiger charge is 2.06. The van der Waals surface area contributed by atoms with E-state index in [0.29, 0.717) is 6.61 Å². The second kappa shape index (κ2) is 7.04. The van der Waals surface area contributed by atoms with Crippen LogP contribution in [0.5, 0.6) is 5.75 Å². The zero-order valence-electron chi connectivity index (χ0n) is 10.4. The maximum atomic E-state index is 6.07. The van der Waals surface area contributed by atoms with Crippen LogP contribution in [-0.4, -0.2) is 6.61 Å². The zero-order chi connectivity index (χ0) is 12.1. The van der Waals surface area contributed by atoms with Crippen molar-refractivity contribution in [2.24, 2.45) is 5.73 Å². The second-order valence-corrected chi connectivity index (χ2v) is 4.09. The van der Waals surface area contributed by atoms with Crippen LogP contribution in [0.3, 0.4) is 0 Å². The minimum atomic E-state index is -0.0872. The topological polar surface area (TPSA) is 35.2 Å². The number of para-hydroxylation sites is 1. The van der Waals surface area contributed by atoms with E-state index in [2.05, 4.69) is 0 Å². The number of halogens is 1. The Kier molecular flexibility index (Phi) is 5.69. The van der Waals surface area contributed by atoms with E-state index in [1.54, 1.807) is 0 Å². The molecule has 2 aromatic carbocycles. The van der Waals surface area contributed by atoms with E-state index in [1.165, 1.54) is 0 Å². The van der Waals surface area contributed by atoms with Gasteiger partial charge in [0.15, 0.2) is 0 Å². The normalized spacial score (nSPS) is 11.4. The van der Waals surface area contributed by atoms with Crippen LogP contribution in [0.2, 0.25) is 0 Å². The summed E-state index contributed by atoms with van der Waals surface area (Å²) in [6.45, 7) is 2.53. The smallest absolute Gasteiger partial charge is 0.122 e. The van der Waals surface area contributed by atoms with Gasteiger partial charge in [0.05, 0.1) is 6.04 Å². The molecule has 2 rings (SSSR count). The van der Waals surface area contributed by atoms with Crippen molar-refractivity contribution < 1.29 is 4.74 Å². The average Bonchev–Trinajstić information content (AvgIpc) is 2.38. The number of hydrogen-bond donors (Lipinski definition) is 1. The van der Waals surface area contributed by atoms with Gasteiger partial charge in [-0.3, -0.25) is 0 Å². The quantitative estimate of drug-likeness (QED) is 0.916. The number of aryl methyl sites for hydroxylation is 1. The van der Waals surface area contributed by atoms with Crippen LogP contribution in [0, 0.1) is 6.92 Å². The number of rotatable bonds is 4. The molecule has 3 heteroatoms. The first kappa shape index (κ1) is 14.6. The number of ether oxygens (including phenoxy) is 1. The molecule has 0 radical (unpaired) electrons. The Hall–Kier alpha value is -1.51. The van der Waals surface area contributed by atoms with Gasteiger partial charge in [-0.15, -0.1) is 12.4 Å². The maximum absolute atomic E-state index is 6.07. The maximum Gasteiger partial charge on any atom is 0.122 e. The molecule has 2 N–H and O–H groups in total. The molecular weight excluding hydrogens is 246 g/mol. The fraction of sp³-hybridized carbons (Fsp3) is 0.200. The molecule has 0 aliphatic carbocycles. The predicted octanol–water partition coefficient (Wildman–Crippen LogP) is 3.50. The molecule has 0 unspecified atom stereocenters. The molecule has 0 aliphatic rings. The van der Waals surface area contributed by atoms with E-state index in [0.717, 1.165) is 16.9 Å². The van der Waals surface area contributed by atoms with Crippen LogP contribution in [-0.2, 0) is 0 Å². The Morgan fingerprint density at radius 1 is 1.00 bits per heavy atom. The van der Waals surface area contributed by atoms with Gasteiger partial charge in [0, 0.05) is 0 Å². The van der Waals surface area contributed by atoms with Crippen LogP contribution >= 0.6 is 12.4 Å². The van der Waals surface area contributed by atoms with E-state index in [9.17, 15) is 0 Å². The van der Waals surface area contributed by atoms with Crippen molar-refractivity contribution >= 4 is 12.4 Å². The van der Waals surface area contributed by atoms with Crippen molar-refractivity contribution in [3.05, 3.63) is 65.7 Å². The molecule has 0 bridgehead atoms. The summed E-state index contributed by atoms with van der Waals surface area (Å²) in [4.78, 5) is 0. The van der Waals surface area contributed by atoms with Gasteiger partial charge in [-0.2, -0.15) is 0 Å². The molecule has 2 nitrogen and oxygen atoms in total. The van der Waals surface area contributed by atoms with E-state index in [1.807, 2.05) is 61.5 Å². The highest BCUT2D eigenvalue weighted by molar-refractivity contribution is 5.85. The summed E-state index contributed by atoms with van der Waals surface area (Å²) in [6.07, 6.45) is 0. The van der Waals surface area contributed by atoms with Gasteiger partial charge < -0.3 is 10.5 Å². The third-order valence-corrected chi connectivity index (χ3v) is 2.74. The summed E-state index contributed by atoms with van der Waals surface area (Å²) in [5.74, 6) is 0.902. The predicted molar refractivity (Wildman–Crippen MR) is 77.3 cm³/mol. The molecule has 2 aromatic rings. The fourth-order valence-electron chi connectivity index (χ4n) is 1.69. The molecule has 18 heavy (non-hydrogen) atoms. The minimum Gasteiger partial charge on any atom is -0.491 e. The monoisotopic (exact) mass is 263 g/mol. The van der Waals surface area contributed by atoms with Crippen molar-refractivity contribution in [1.29, 1.82) is 0 Å². The summed E-state index contributed by atoms with van der Waals surface area (Å²) >= 11 is 0. The molecule has 1 atom stereocenters. The van der Waals surface area contributed by atoms with Crippen molar-refractivity contribution in [3.8, 4) is 5.75 Å². The fourth-order valence-corrected chi connectivity index (χ4v) is 1.69. The molecule has 0 fully saturated rings. The Bertz CT molecular complexity index is 473. The number of nitrogens with two attached hydrogens (primary N) is 1. The Morgan fingerprint density at radius 3 is 2.28 bits per heavy atom. The Labute approximate surface area is 114 Å². The van der Waals surface area contributed by atoms with Gasteiger partial charge in [0.25, 0.3) is 0 Å². The van der Waals surface area contributed by atoms with Crippen LogP contribution in [0.25, 0.3) is 0 Å². The molecular formula is C15H18ClNO. The van der Waals surface area contributed by atoms with Crippen LogP contribution in [0.1, 0.15) is 17.2 Å². The summed E-state index contributed by atoms with van der Waals surface area (Å²) in [5.41, 5.74) is 8.30. The number of benzene rings is 2. The highest BCUT2D eigenvalue weighted by atomic mass is 35.5. The van der Waals surface area contributed by atoms with Crippen LogP contribution < -0.4 is 10.5 Å². The molecule has 0 saturated carbocycles. The summed E-state index contributed by atoms with van der Waals surface area (Å²) in [6, 6.07) is 17.9.